The minimum atomic E-state index is -1.23. The van der Waals surface area contributed by atoms with Gasteiger partial charge in [0.05, 0.1) is 17.7 Å². The van der Waals surface area contributed by atoms with E-state index in [4.69, 9.17) is 4.74 Å². The van der Waals surface area contributed by atoms with Crippen LogP contribution in [0.5, 0.6) is 0 Å². The number of H-pyrrole nitrogens is 1. The molecule has 17 heavy (non-hydrogen) atoms. The van der Waals surface area contributed by atoms with Crippen LogP contribution >= 0.6 is 0 Å². The average Bonchev–Trinajstić information content (AvgIpc) is 2.63. The van der Waals surface area contributed by atoms with E-state index in [1.54, 1.807) is 0 Å². The highest BCUT2D eigenvalue weighted by atomic mass is 28.3. The Hall–Kier alpha value is -1.63. The number of esters is 1. The third kappa shape index (κ3) is 4.39. The van der Waals surface area contributed by atoms with E-state index < -0.39 is 19.0 Å². The van der Waals surface area contributed by atoms with Gasteiger partial charge in [0.2, 0.25) is 0 Å². The van der Waals surface area contributed by atoms with Crippen molar-refractivity contribution >= 4 is 19.7 Å². The highest BCUT2D eigenvalue weighted by Crippen LogP contribution is 2.14. The Balaban J connectivity index is 2.50. The summed E-state index contributed by atoms with van der Waals surface area (Å²) in [5, 5.41) is 10.4. The predicted molar refractivity (Wildman–Crippen MR) is 65.9 cm³/mol. The van der Waals surface area contributed by atoms with Gasteiger partial charge in [0, 0.05) is 14.1 Å². The normalized spacial score (nSPS) is 11.2. The van der Waals surface area contributed by atoms with E-state index >= 15 is 0 Å². The molecule has 1 heterocycles. The van der Waals surface area contributed by atoms with Crippen LogP contribution in [0.15, 0.2) is 12.3 Å². The molecule has 0 bridgehead atoms. The van der Waals surface area contributed by atoms with E-state index in [-0.39, 0.29) is 11.4 Å². The molecule has 1 rings (SSSR count). The molecule has 1 aromatic heterocycles. The highest BCUT2D eigenvalue weighted by Gasteiger charge is 2.17. The molecule has 0 aliphatic carbocycles. The number of hydrogen-bond acceptors (Lipinski definition) is 4. The van der Waals surface area contributed by atoms with Gasteiger partial charge >= 0.3 is 5.97 Å². The largest absolute Gasteiger partial charge is 0.461 e. The van der Waals surface area contributed by atoms with Crippen LogP contribution in [0.3, 0.4) is 0 Å². The van der Waals surface area contributed by atoms with Crippen molar-refractivity contribution in [1.82, 2.24) is 4.98 Å². The van der Waals surface area contributed by atoms with E-state index in [0.29, 0.717) is 6.61 Å². The van der Waals surface area contributed by atoms with E-state index in [2.05, 4.69) is 24.6 Å². The summed E-state index contributed by atoms with van der Waals surface area (Å²) >= 11 is 0. The molecule has 6 nitrogen and oxygen atoms in total. The fourth-order valence-corrected chi connectivity index (χ4v) is 1.85. The Morgan fingerprint density at radius 3 is 2.65 bits per heavy atom. The number of nitrogens with one attached hydrogen (secondary N) is 1. The molecular weight excluding hydrogens is 240 g/mol. The molecule has 0 aromatic carbocycles. The maximum Gasteiger partial charge on any atom is 0.354 e. The Kier molecular flexibility index (Phi) is 4.05. The number of nitrogens with zero attached hydrogens (tertiary/aromatic N) is 1. The van der Waals surface area contributed by atoms with Gasteiger partial charge in [0.1, 0.15) is 5.69 Å². The van der Waals surface area contributed by atoms with E-state index in [0.717, 1.165) is 6.04 Å². The average molecular weight is 256 g/mol. The van der Waals surface area contributed by atoms with Gasteiger partial charge in [0.15, 0.2) is 0 Å². The van der Waals surface area contributed by atoms with E-state index in [9.17, 15) is 14.9 Å². The Labute approximate surface area is 100 Å². The lowest BCUT2D eigenvalue weighted by atomic mass is 10.4. The van der Waals surface area contributed by atoms with Crippen molar-refractivity contribution in [3.8, 4) is 0 Å². The van der Waals surface area contributed by atoms with E-state index in [1.165, 1.54) is 12.3 Å². The monoisotopic (exact) mass is 256 g/mol. The van der Waals surface area contributed by atoms with Crippen molar-refractivity contribution in [2.75, 3.05) is 6.61 Å². The zero-order valence-electron chi connectivity index (χ0n) is 10.1. The lowest BCUT2D eigenvalue weighted by molar-refractivity contribution is -0.384. The van der Waals surface area contributed by atoms with E-state index in [1.807, 2.05) is 0 Å². The standard InChI is InChI=1S/C10H16N2O4Si/c1-17(2,3)5-4-16-10(13)9-6-8(7-11-9)12(14)15/h6-7,11H,4-5H2,1-3H3. The second-order valence-electron chi connectivity index (χ2n) is 4.98. The van der Waals surface area contributed by atoms with Crippen LogP contribution in [0, 0.1) is 10.1 Å². The third-order valence-electron chi connectivity index (χ3n) is 2.18. The molecule has 0 fully saturated rings. The quantitative estimate of drug-likeness (QED) is 0.379. The van der Waals surface area contributed by atoms with Crippen molar-refractivity contribution < 1.29 is 14.5 Å². The lowest BCUT2D eigenvalue weighted by Crippen LogP contribution is -2.22. The fourth-order valence-electron chi connectivity index (χ4n) is 1.13. The number of rotatable bonds is 5. The van der Waals surface area contributed by atoms with Gasteiger partial charge in [-0.05, 0) is 6.04 Å². The number of carbonyl (C=O) groups is 1. The van der Waals surface area contributed by atoms with Gasteiger partial charge in [-0.1, -0.05) is 19.6 Å². The molecule has 7 heteroatoms. The zero-order valence-corrected chi connectivity index (χ0v) is 11.1. The van der Waals surface area contributed by atoms with Gasteiger partial charge in [-0.3, -0.25) is 10.1 Å². The fraction of sp³-hybridized carbons (Fsp3) is 0.500. The Morgan fingerprint density at radius 1 is 1.53 bits per heavy atom. The second kappa shape index (κ2) is 5.13. The van der Waals surface area contributed by atoms with Gasteiger partial charge in [-0.25, -0.2) is 4.79 Å². The summed E-state index contributed by atoms with van der Waals surface area (Å²) in [4.78, 5) is 23.9. The van der Waals surface area contributed by atoms with Crippen LogP contribution in [0.25, 0.3) is 0 Å². The molecule has 1 N–H and O–H groups in total. The minimum absolute atomic E-state index is 0.118. The van der Waals surface area contributed by atoms with Gasteiger partial charge in [-0.15, -0.1) is 0 Å². The molecule has 0 radical (unpaired) electrons. The molecule has 94 valence electrons. The maximum atomic E-state index is 11.5. The number of carbonyl (C=O) groups excluding carboxylic acids is 1. The molecule has 0 saturated carbocycles. The molecule has 0 spiro atoms. The van der Waals surface area contributed by atoms with Gasteiger partial charge < -0.3 is 9.72 Å². The first-order chi connectivity index (χ1) is 7.79. The summed E-state index contributed by atoms with van der Waals surface area (Å²) in [6.07, 6.45) is 1.18. The van der Waals surface area contributed by atoms with Crippen LogP contribution < -0.4 is 0 Å². The summed E-state index contributed by atoms with van der Waals surface area (Å²) in [5.41, 5.74) is -0.0191. The van der Waals surface area contributed by atoms with Crippen LogP contribution in [-0.2, 0) is 4.74 Å². The Bertz CT molecular complexity index is 422. The minimum Gasteiger partial charge on any atom is -0.461 e. The van der Waals surface area contributed by atoms with Crippen LogP contribution in [0.2, 0.25) is 25.7 Å². The number of ether oxygens (including phenoxy) is 1. The molecule has 0 aliphatic heterocycles. The first kappa shape index (κ1) is 13.4. The molecule has 0 saturated heterocycles. The molecule has 0 atom stereocenters. The third-order valence-corrected chi connectivity index (χ3v) is 3.89. The number of hydrogen-bond donors (Lipinski definition) is 1. The van der Waals surface area contributed by atoms with Crippen molar-refractivity contribution in [3.63, 3.8) is 0 Å². The van der Waals surface area contributed by atoms with Crippen LogP contribution in [0.4, 0.5) is 5.69 Å². The summed E-state index contributed by atoms with van der Waals surface area (Å²) in [6, 6.07) is 2.05. The van der Waals surface area contributed by atoms with Crippen molar-refractivity contribution in [3.05, 3.63) is 28.1 Å². The van der Waals surface area contributed by atoms with Crippen LogP contribution in [0.1, 0.15) is 10.5 Å². The van der Waals surface area contributed by atoms with Crippen molar-refractivity contribution in [2.45, 2.75) is 25.7 Å². The first-order valence-corrected chi connectivity index (χ1v) is 9.00. The number of nitro groups is 1. The predicted octanol–water partition coefficient (Wildman–Crippen LogP) is 2.42. The zero-order chi connectivity index (χ0) is 13.1. The summed E-state index contributed by atoms with van der Waals surface area (Å²) < 4.78 is 5.04. The lowest BCUT2D eigenvalue weighted by Gasteiger charge is -2.14. The summed E-state index contributed by atoms with van der Waals surface area (Å²) in [5.74, 6) is -0.545. The number of aromatic amines is 1. The molecule has 0 aliphatic rings. The first-order valence-electron chi connectivity index (χ1n) is 5.29. The molecule has 1 aromatic rings. The van der Waals surface area contributed by atoms with Crippen molar-refractivity contribution in [2.24, 2.45) is 0 Å². The van der Waals surface area contributed by atoms with Crippen LogP contribution in [-0.4, -0.2) is 30.6 Å². The SMILES string of the molecule is C[Si](C)(C)CCOC(=O)c1cc([N+](=O)[O-])c[nH]1. The second-order valence-corrected chi connectivity index (χ2v) is 10.6. The number of aromatic nitrogens is 1. The topological polar surface area (TPSA) is 85.2 Å². The molecule has 0 amide bonds. The molecular formula is C10H16N2O4Si. The van der Waals surface area contributed by atoms with Gasteiger partial charge in [-0.2, -0.15) is 0 Å². The van der Waals surface area contributed by atoms with Gasteiger partial charge in [0.25, 0.3) is 5.69 Å². The summed E-state index contributed by atoms with van der Waals surface area (Å²) in [7, 11) is -1.23. The highest BCUT2D eigenvalue weighted by molar-refractivity contribution is 6.76. The maximum absolute atomic E-state index is 11.5. The van der Waals surface area contributed by atoms with Crippen molar-refractivity contribution in [1.29, 1.82) is 0 Å². The Morgan fingerprint density at radius 2 is 2.18 bits per heavy atom. The molecule has 0 unspecified atom stereocenters. The summed E-state index contributed by atoms with van der Waals surface area (Å²) in [6.45, 7) is 6.91. The smallest absolute Gasteiger partial charge is 0.354 e.